The average molecular weight is 249 g/mol. The number of hydrogen-bond acceptors (Lipinski definition) is 5. The van der Waals surface area contributed by atoms with Crippen molar-refractivity contribution < 1.29 is 14.3 Å². The first kappa shape index (κ1) is 12.9. The van der Waals surface area contributed by atoms with E-state index < -0.39 is 6.10 Å². The summed E-state index contributed by atoms with van der Waals surface area (Å²) < 4.78 is 10.9. The molecule has 0 bridgehead atoms. The number of nitrogens with two attached hydrogens (primary N) is 1. The second-order valence-electron chi connectivity index (χ2n) is 4.01. The highest BCUT2D eigenvalue weighted by Gasteiger charge is 2.30. The molecule has 1 aliphatic rings. The molecule has 1 aromatic rings. The monoisotopic (exact) mass is 249 g/mol. The Bertz CT molecular complexity index is 441. The van der Waals surface area contributed by atoms with Crippen molar-refractivity contribution in [2.24, 2.45) is 5.73 Å². The molecule has 1 aromatic carbocycles. The third-order valence-corrected chi connectivity index (χ3v) is 2.72. The highest BCUT2D eigenvalue weighted by molar-refractivity contribution is 6.50. The lowest BCUT2D eigenvalue weighted by Gasteiger charge is -2.10. The first-order valence-corrected chi connectivity index (χ1v) is 5.78. The van der Waals surface area contributed by atoms with Gasteiger partial charge in [0, 0.05) is 4.92 Å². The molecule has 95 valence electrons. The Morgan fingerprint density at radius 2 is 2.39 bits per heavy atom. The van der Waals surface area contributed by atoms with Crippen LogP contribution in [0.3, 0.4) is 0 Å². The van der Waals surface area contributed by atoms with Crippen LogP contribution in [0.5, 0.6) is 5.75 Å². The fourth-order valence-electron chi connectivity index (χ4n) is 1.86. The third kappa shape index (κ3) is 2.80. The Hall–Kier alpha value is -1.60. The molecule has 0 saturated carbocycles. The van der Waals surface area contributed by atoms with E-state index in [2.05, 4.69) is 0 Å². The molecule has 1 aliphatic heterocycles. The minimum absolute atomic E-state index is 0.240. The van der Waals surface area contributed by atoms with Crippen LogP contribution in [-0.4, -0.2) is 32.1 Å². The highest BCUT2D eigenvalue weighted by Crippen LogP contribution is 2.25. The van der Waals surface area contributed by atoms with E-state index in [1.165, 1.54) is 7.48 Å². The average Bonchev–Trinajstić information content (AvgIpc) is 2.73. The lowest BCUT2D eigenvalue weighted by atomic mass is 9.85. The summed E-state index contributed by atoms with van der Waals surface area (Å²) >= 11 is 0. The smallest absolute Gasteiger partial charge is 0.335 e. The van der Waals surface area contributed by atoms with Gasteiger partial charge in [-0.1, -0.05) is 12.1 Å². The topological polar surface area (TPSA) is 87.6 Å². The van der Waals surface area contributed by atoms with E-state index in [0.717, 1.165) is 17.4 Å². The SMILES string of the molecule is NCCCOc1cccc2c1[B]OC2C[N+](=O)[O-]. The fraction of sp³-hybridized carbons (Fsp3) is 0.455. The normalized spacial score (nSPS) is 17.1. The maximum atomic E-state index is 10.5. The number of hydrogen-bond donors (Lipinski definition) is 1. The molecule has 0 amide bonds. The van der Waals surface area contributed by atoms with Crippen molar-refractivity contribution in [1.82, 2.24) is 0 Å². The summed E-state index contributed by atoms with van der Waals surface area (Å²) in [5, 5.41) is 10.5. The van der Waals surface area contributed by atoms with E-state index in [1.54, 1.807) is 0 Å². The zero-order chi connectivity index (χ0) is 13.0. The van der Waals surface area contributed by atoms with Gasteiger partial charge in [-0.25, -0.2) is 0 Å². The van der Waals surface area contributed by atoms with Crippen LogP contribution in [-0.2, 0) is 4.65 Å². The third-order valence-electron chi connectivity index (χ3n) is 2.72. The molecule has 18 heavy (non-hydrogen) atoms. The Kier molecular flexibility index (Phi) is 4.17. The summed E-state index contributed by atoms with van der Waals surface area (Å²) in [6, 6.07) is 5.46. The molecular weight excluding hydrogens is 235 g/mol. The standard InChI is InChI=1S/C11H14BN2O4/c13-5-2-6-17-9-4-1-3-8-10(7-14(15)16)18-12-11(8)9/h1,3-4,10H,2,5-7,13H2. The van der Waals surface area contributed by atoms with Crippen molar-refractivity contribution in [3.8, 4) is 5.75 Å². The molecule has 2 rings (SSSR count). The first-order valence-electron chi connectivity index (χ1n) is 5.78. The molecule has 6 nitrogen and oxygen atoms in total. The Morgan fingerprint density at radius 3 is 3.11 bits per heavy atom. The highest BCUT2D eigenvalue weighted by atomic mass is 16.6. The fourth-order valence-corrected chi connectivity index (χ4v) is 1.86. The Labute approximate surface area is 105 Å². The van der Waals surface area contributed by atoms with Crippen LogP contribution in [0.15, 0.2) is 18.2 Å². The Balaban J connectivity index is 2.11. The van der Waals surface area contributed by atoms with E-state index in [4.69, 9.17) is 15.1 Å². The van der Waals surface area contributed by atoms with Crippen molar-refractivity contribution in [2.45, 2.75) is 12.5 Å². The summed E-state index contributed by atoms with van der Waals surface area (Å²) in [6.07, 6.45) is 0.246. The van der Waals surface area contributed by atoms with Crippen molar-refractivity contribution in [3.63, 3.8) is 0 Å². The number of benzene rings is 1. The van der Waals surface area contributed by atoms with E-state index in [-0.39, 0.29) is 11.5 Å². The van der Waals surface area contributed by atoms with Gasteiger partial charge >= 0.3 is 7.48 Å². The van der Waals surface area contributed by atoms with Gasteiger partial charge in [0.25, 0.3) is 0 Å². The minimum atomic E-state index is -0.520. The number of rotatable bonds is 6. The van der Waals surface area contributed by atoms with Crippen LogP contribution >= 0.6 is 0 Å². The van der Waals surface area contributed by atoms with Crippen LogP contribution in [0, 0.1) is 10.1 Å². The summed E-state index contributed by atoms with van der Waals surface area (Å²) in [7, 11) is 1.53. The van der Waals surface area contributed by atoms with Crippen molar-refractivity contribution >= 4 is 12.9 Å². The molecule has 0 spiro atoms. The summed E-state index contributed by atoms with van der Waals surface area (Å²) in [5.74, 6) is 0.687. The molecule has 0 aromatic heterocycles. The maximum absolute atomic E-state index is 10.5. The predicted molar refractivity (Wildman–Crippen MR) is 66.7 cm³/mol. The largest absolute Gasteiger partial charge is 0.494 e. The van der Waals surface area contributed by atoms with Gasteiger partial charge in [0.05, 0.1) is 6.61 Å². The quantitative estimate of drug-likeness (QED) is 0.332. The maximum Gasteiger partial charge on any atom is 0.335 e. The number of fused-ring (bicyclic) bond motifs is 1. The van der Waals surface area contributed by atoms with Crippen molar-refractivity contribution in [3.05, 3.63) is 33.9 Å². The zero-order valence-corrected chi connectivity index (χ0v) is 9.87. The Morgan fingerprint density at radius 1 is 1.56 bits per heavy atom. The van der Waals surface area contributed by atoms with E-state index in [0.29, 0.717) is 18.9 Å². The molecule has 1 atom stereocenters. The summed E-state index contributed by atoms with van der Waals surface area (Å²) in [6.45, 7) is 0.857. The second kappa shape index (κ2) is 5.84. The van der Waals surface area contributed by atoms with E-state index >= 15 is 0 Å². The van der Waals surface area contributed by atoms with Crippen LogP contribution in [0.2, 0.25) is 0 Å². The molecule has 0 saturated heterocycles. The summed E-state index contributed by atoms with van der Waals surface area (Å²) in [5.41, 5.74) is 6.99. The van der Waals surface area contributed by atoms with Crippen LogP contribution in [0.1, 0.15) is 18.1 Å². The van der Waals surface area contributed by atoms with Gasteiger partial charge in [0.15, 0.2) is 0 Å². The van der Waals surface area contributed by atoms with Gasteiger partial charge in [-0.2, -0.15) is 0 Å². The van der Waals surface area contributed by atoms with Gasteiger partial charge in [-0.05, 0) is 30.1 Å². The number of nitro groups is 1. The van der Waals surface area contributed by atoms with Crippen molar-refractivity contribution in [2.75, 3.05) is 19.7 Å². The molecule has 1 radical (unpaired) electrons. The minimum Gasteiger partial charge on any atom is -0.494 e. The van der Waals surface area contributed by atoms with Gasteiger partial charge in [-0.3, -0.25) is 10.1 Å². The van der Waals surface area contributed by atoms with E-state index in [9.17, 15) is 10.1 Å². The van der Waals surface area contributed by atoms with Crippen molar-refractivity contribution in [1.29, 1.82) is 0 Å². The van der Waals surface area contributed by atoms with Crippen LogP contribution < -0.4 is 15.9 Å². The molecule has 0 aliphatic carbocycles. The predicted octanol–water partition coefficient (Wildman–Crippen LogP) is 0.00670. The zero-order valence-electron chi connectivity index (χ0n) is 9.87. The van der Waals surface area contributed by atoms with Gasteiger partial charge in [0.1, 0.15) is 11.9 Å². The molecule has 1 unspecified atom stereocenters. The molecule has 0 fully saturated rings. The van der Waals surface area contributed by atoms with Gasteiger partial charge in [-0.15, -0.1) is 0 Å². The number of ether oxygens (including phenoxy) is 1. The van der Waals surface area contributed by atoms with Gasteiger partial charge in [0.2, 0.25) is 6.54 Å². The second-order valence-corrected chi connectivity index (χ2v) is 4.01. The molecule has 1 heterocycles. The van der Waals surface area contributed by atoms with Crippen LogP contribution in [0.25, 0.3) is 0 Å². The van der Waals surface area contributed by atoms with Gasteiger partial charge < -0.3 is 15.1 Å². The summed E-state index contributed by atoms with van der Waals surface area (Å²) in [4.78, 5) is 10.1. The molecule has 7 heteroatoms. The molecule has 2 N–H and O–H groups in total. The number of nitrogens with zero attached hydrogens (tertiary/aromatic N) is 1. The first-order chi connectivity index (χ1) is 8.72. The van der Waals surface area contributed by atoms with Crippen LogP contribution in [0.4, 0.5) is 0 Å². The lowest BCUT2D eigenvalue weighted by Crippen LogP contribution is -2.17. The molecular formula is C11H14BN2O4. The van der Waals surface area contributed by atoms with E-state index in [1.807, 2.05) is 18.2 Å². The lowest BCUT2D eigenvalue weighted by molar-refractivity contribution is -0.489.